The first-order chi connectivity index (χ1) is 11.1. The van der Waals surface area contributed by atoms with E-state index in [-0.39, 0.29) is 18.7 Å². The Morgan fingerprint density at radius 3 is 2.67 bits per heavy atom. The Morgan fingerprint density at radius 1 is 1.46 bits per heavy atom. The smallest absolute Gasteiger partial charge is 0.417 e. The summed E-state index contributed by atoms with van der Waals surface area (Å²) < 4.78 is 19.0. The van der Waals surface area contributed by atoms with Gasteiger partial charge in [-0.15, -0.1) is 0 Å². The average molecular weight is 338 g/mol. The number of hydrogen-bond donors (Lipinski definition) is 0. The molecule has 1 aromatic rings. The molecule has 1 heterocycles. The second kappa shape index (κ2) is 6.54. The first kappa shape index (κ1) is 17.8. The molecule has 130 valence electrons. The fraction of sp³-hybridized carbons (Fsp3) is 0.500. The molecule has 24 heavy (non-hydrogen) atoms. The summed E-state index contributed by atoms with van der Waals surface area (Å²) in [6.07, 6.45) is 0.146. The van der Waals surface area contributed by atoms with Crippen LogP contribution in [-0.2, 0) is 16.0 Å². The lowest BCUT2D eigenvalue weighted by molar-refractivity contribution is -0.387. The maximum absolute atomic E-state index is 13.7. The zero-order valence-electron chi connectivity index (χ0n) is 13.7. The zero-order chi connectivity index (χ0) is 18.1. The highest BCUT2D eigenvalue weighted by Gasteiger charge is 2.38. The summed E-state index contributed by atoms with van der Waals surface area (Å²) in [6.45, 7) is 5.10. The van der Waals surface area contributed by atoms with Crippen LogP contribution in [0.5, 0.6) is 0 Å². The summed E-state index contributed by atoms with van der Waals surface area (Å²) in [6, 6.07) is 3.12. The summed E-state index contributed by atoms with van der Waals surface area (Å²) in [5.74, 6) is -1.28. The number of carbonyl (C=O) groups is 2. The molecule has 1 aromatic carbocycles. The summed E-state index contributed by atoms with van der Waals surface area (Å²) in [5, 5.41) is 10.6. The molecular formula is C16H19FN2O5. The normalized spacial score (nSPS) is 17.9. The van der Waals surface area contributed by atoms with Crippen molar-refractivity contribution in [3.8, 4) is 0 Å². The summed E-state index contributed by atoms with van der Waals surface area (Å²) in [5.41, 5.74) is -0.860. The van der Waals surface area contributed by atoms with Crippen molar-refractivity contribution >= 4 is 17.7 Å². The van der Waals surface area contributed by atoms with Gasteiger partial charge in [-0.25, -0.2) is 9.69 Å². The summed E-state index contributed by atoms with van der Waals surface area (Å²) >= 11 is 0. The number of hydrogen-bond acceptors (Lipinski definition) is 5. The van der Waals surface area contributed by atoms with E-state index in [1.807, 2.05) is 0 Å². The van der Waals surface area contributed by atoms with E-state index in [0.29, 0.717) is 12.0 Å². The van der Waals surface area contributed by atoms with Gasteiger partial charge in [-0.1, -0.05) is 6.07 Å². The quantitative estimate of drug-likeness (QED) is 0.623. The monoisotopic (exact) mass is 338 g/mol. The van der Waals surface area contributed by atoms with Crippen LogP contribution in [0.4, 0.5) is 14.9 Å². The molecule has 2 rings (SSSR count). The van der Waals surface area contributed by atoms with Gasteiger partial charge in [0.2, 0.25) is 11.7 Å². The Morgan fingerprint density at radius 2 is 2.12 bits per heavy atom. The highest BCUT2D eigenvalue weighted by Crippen LogP contribution is 2.26. The van der Waals surface area contributed by atoms with Gasteiger partial charge in [0.1, 0.15) is 5.60 Å². The van der Waals surface area contributed by atoms with Gasteiger partial charge in [-0.3, -0.25) is 14.9 Å². The number of imide groups is 1. The number of rotatable bonds is 3. The Kier molecular flexibility index (Phi) is 4.86. The molecule has 0 aromatic heterocycles. The van der Waals surface area contributed by atoms with E-state index in [4.69, 9.17) is 4.74 Å². The Hall–Kier alpha value is -2.51. The first-order valence-corrected chi connectivity index (χ1v) is 7.56. The molecule has 0 bridgehead atoms. The molecule has 0 aliphatic carbocycles. The van der Waals surface area contributed by atoms with E-state index in [9.17, 15) is 24.1 Å². The van der Waals surface area contributed by atoms with Gasteiger partial charge < -0.3 is 4.74 Å². The van der Waals surface area contributed by atoms with Crippen molar-refractivity contribution in [3.05, 3.63) is 39.7 Å². The number of nitrogens with zero attached hydrogens (tertiary/aromatic N) is 2. The molecule has 1 atom stereocenters. The minimum Gasteiger partial charge on any atom is -0.443 e. The molecule has 2 amide bonds. The van der Waals surface area contributed by atoms with Crippen LogP contribution in [0.3, 0.4) is 0 Å². The maximum Gasteiger partial charge on any atom is 0.417 e. The van der Waals surface area contributed by atoms with Crippen molar-refractivity contribution in [2.45, 2.75) is 51.7 Å². The van der Waals surface area contributed by atoms with Crippen LogP contribution in [0.25, 0.3) is 0 Å². The van der Waals surface area contributed by atoms with Crippen molar-refractivity contribution in [2.75, 3.05) is 0 Å². The van der Waals surface area contributed by atoms with Crippen molar-refractivity contribution in [1.29, 1.82) is 0 Å². The molecule has 0 spiro atoms. The van der Waals surface area contributed by atoms with Crippen molar-refractivity contribution in [3.63, 3.8) is 0 Å². The standard InChI is InChI=1S/C16H19FN2O5/c1-16(2,3)24-15(21)18-11(5-7-14(18)20)8-10-4-6-13(19(22)23)12(17)9-10/h4,6,9,11H,5,7-8H2,1-3H3. The third-order valence-electron chi connectivity index (χ3n) is 3.60. The number of nitro benzene ring substituents is 1. The molecule has 1 saturated heterocycles. The van der Waals surface area contributed by atoms with Crippen LogP contribution < -0.4 is 0 Å². The van der Waals surface area contributed by atoms with Crippen molar-refractivity contribution < 1.29 is 23.6 Å². The largest absolute Gasteiger partial charge is 0.443 e. The molecule has 1 fully saturated rings. The van der Waals surface area contributed by atoms with Crippen LogP contribution in [0.2, 0.25) is 0 Å². The molecule has 8 heteroatoms. The fourth-order valence-electron chi connectivity index (χ4n) is 2.60. The van der Waals surface area contributed by atoms with E-state index >= 15 is 0 Å². The molecule has 1 aliphatic heterocycles. The molecule has 1 aliphatic rings. The van der Waals surface area contributed by atoms with Gasteiger partial charge in [0.05, 0.1) is 4.92 Å². The van der Waals surface area contributed by atoms with Gasteiger partial charge >= 0.3 is 11.8 Å². The third-order valence-corrected chi connectivity index (χ3v) is 3.60. The van der Waals surface area contributed by atoms with Gasteiger partial charge in [0, 0.05) is 18.5 Å². The van der Waals surface area contributed by atoms with E-state index in [2.05, 4.69) is 0 Å². The minimum absolute atomic E-state index is 0.208. The molecular weight excluding hydrogens is 319 g/mol. The Labute approximate surface area is 138 Å². The lowest BCUT2D eigenvalue weighted by Crippen LogP contribution is -2.43. The number of halogens is 1. The van der Waals surface area contributed by atoms with Gasteiger partial charge in [0.15, 0.2) is 0 Å². The molecule has 0 radical (unpaired) electrons. The predicted molar refractivity (Wildman–Crippen MR) is 82.9 cm³/mol. The Balaban J connectivity index is 2.16. The molecule has 0 N–H and O–H groups in total. The SMILES string of the molecule is CC(C)(C)OC(=O)N1C(=O)CCC1Cc1ccc([N+](=O)[O-])c(F)c1. The number of benzene rings is 1. The predicted octanol–water partition coefficient (Wildman–Crippen LogP) is 3.20. The average Bonchev–Trinajstić information content (AvgIpc) is 2.77. The maximum atomic E-state index is 13.7. The number of ether oxygens (including phenoxy) is 1. The molecule has 1 unspecified atom stereocenters. The number of amides is 2. The molecule has 0 saturated carbocycles. The van der Waals surface area contributed by atoms with Gasteiger partial charge in [-0.05, 0) is 45.2 Å². The van der Waals surface area contributed by atoms with Crippen molar-refractivity contribution in [2.24, 2.45) is 0 Å². The van der Waals surface area contributed by atoms with E-state index in [1.54, 1.807) is 20.8 Å². The highest BCUT2D eigenvalue weighted by atomic mass is 19.1. The van der Waals surface area contributed by atoms with Gasteiger partial charge in [0.25, 0.3) is 0 Å². The zero-order valence-corrected chi connectivity index (χ0v) is 13.7. The van der Waals surface area contributed by atoms with Crippen LogP contribution in [0, 0.1) is 15.9 Å². The van der Waals surface area contributed by atoms with Crippen molar-refractivity contribution in [1.82, 2.24) is 4.90 Å². The summed E-state index contributed by atoms with van der Waals surface area (Å²) in [4.78, 5) is 35.1. The topological polar surface area (TPSA) is 89.8 Å². The second-order valence-electron chi connectivity index (χ2n) is 6.68. The summed E-state index contributed by atoms with van der Waals surface area (Å²) in [7, 11) is 0. The Bertz CT molecular complexity index is 684. The number of carbonyl (C=O) groups excluding carboxylic acids is 2. The lowest BCUT2D eigenvalue weighted by Gasteiger charge is -2.27. The third kappa shape index (κ3) is 4.06. The van der Waals surface area contributed by atoms with E-state index in [0.717, 1.165) is 17.0 Å². The van der Waals surface area contributed by atoms with Crippen LogP contribution in [-0.4, -0.2) is 33.5 Å². The number of nitro groups is 1. The van der Waals surface area contributed by atoms with Crippen LogP contribution >= 0.6 is 0 Å². The lowest BCUT2D eigenvalue weighted by atomic mass is 10.0. The van der Waals surface area contributed by atoms with E-state index < -0.39 is 34.2 Å². The number of likely N-dealkylation sites (tertiary alicyclic amines) is 1. The minimum atomic E-state index is -0.939. The van der Waals surface area contributed by atoms with Crippen LogP contribution in [0.15, 0.2) is 18.2 Å². The first-order valence-electron chi connectivity index (χ1n) is 7.56. The fourth-order valence-corrected chi connectivity index (χ4v) is 2.60. The van der Waals surface area contributed by atoms with Crippen LogP contribution in [0.1, 0.15) is 39.2 Å². The van der Waals surface area contributed by atoms with Gasteiger partial charge in [-0.2, -0.15) is 4.39 Å². The highest BCUT2D eigenvalue weighted by molar-refractivity contribution is 5.94. The second-order valence-corrected chi connectivity index (χ2v) is 6.68. The van der Waals surface area contributed by atoms with E-state index in [1.165, 1.54) is 6.07 Å². The molecule has 7 nitrogen and oxygen atoms in total.